The summed E-state index contributed by atoms with van der Waals surface area (Å²) < 4.78 is 13.2. The van der Waals surface area contributed by atoms with E-state index < -0.39 is 0 Å². The minimum atomic E-state index is -0.280. The number of benzene rings is 2. The highest BCUT2D eigenvalue weighted by molar-refractivity contribution is 5.89. The Hall–Kier alpha value is -2.56. The lowest BCUT2D eigenvalue weighted by Gasteiger charge is -2.22. The normalized spacial score (nSPS) is 14.9. The molecule has 5 heteroatoms. The number of anilines is 3. The molecule has 4 nitrogen and oxygen atoms in total. The maximum Gasteiger partial charge on any atom is 0.319 e. The van der Waals surface area contributed by atoms with E-state index in [1.54, 1.807) is 12.1 Å². The average Bonchev–Trinajstić information content (AvgIpc) is 2.57. The van der Waals surface area contributed by atoms with Crippen LogP contribution >= 0.6 is 0 Å². The van der Waals surface area contributed by atoms with Crippen molar-refractivity contribution in [1.29, 1.82) is 0 Å². The van der Waals surface area contributed by atoms with Crippen molar-refractivity contribution in [3.05, 3.63) is 54.3 Å². The molecule has 0 unspecified atom stereocenters. The van der Waals surface area contributed by atoms with Gasteiger partial charge < -0.3 is 16.0 Å². The van der Waals surface area contributed by atoms with Crippen molar-refractivity contribution in [2.24, 2.45) is 0 Å². The summed E-state index contributed by atoms with van der Waals surface area (Å²) in [6.45, 7) is 0. The van der Waals surface area contributed by atoms with E-state index in [1.165, 1.54) is 31.4 Å². The molecule has 0 aromatic heterocycles. The minimum absolute atomic E-state index is 0.160. The van der Waals surface area contributed by atoms with Gasteiger partial charge in [-0.25, -0.2) is 9.18 Å². The summed E-state index contributed by atoms with van der Waals surface area (Å²) in [6, 6.07) is 13.8. The highest BCUT2D eigenvalue weighted by Crippen LogP contribution is 2.20. The SMILES string of the molecule is O=C(Nc1ccc(Nc2cccc(F)c2)cc1)NC1CCCCC1. The molecule has 1 aliphatic rings. The van der Waals surface area contributed by atoms with Crippen LogP contribution in [0.5, 0.6) is 0 Å². The molecule has 2 aromatic rings. The summed E-state index contributed by atoms with van der Waals surface area (Å²) in [5.74, 6) is -0.280. The van der Waals surface area contributed by atoms with Gasteiger partial charge in [0, 0.05) is 23.1 Å². The Kier molecular flexibility index (Phi) is 5.31. The molecule has 2 aromatic carbocycles. The minimum Gasteiger partial charge on any atom is -0.355 e. The topological polar surface area (TPSA) is 53.2 Å². The smallest absolute Gasteiger partial charge is 0.319 e. The fraction of sp³-hybridized carbons (Fsp3) is 0.316. The van der Waals surface area contributed by atoms with Crippen molar-refractivity contribution < 1.29 is 9.18 Å². The van der Waals surface area contributed by atoms with Crippen LogP contribution in [0, 0.1) is 5.82 Å². The monoisotopic (exact) mass is 327 g/mol. The van der Waals surface area contributed by atoms with E-state index in [4.69, 9.17) is 0 Å². The van der Waals surface area contributed by atoms with E-state index in [0.717, 1.165) is 24.2 Å². The number of carbonyl (C=O) groups is 1. The average molecular weight is 327 g/mol. The summed E-state index contributed by atoms with van der Waals surface area (Å²) >= 11 is 0. The molecule has 1 aliphatic carbocycles. The van der Waals surface area contributed by atoms with E-state index in [9.17, 15) is 9.18 Å². The van der Waals surface area contributed by atoms with E-state index in [2.05, 4.69) is 16.0 Å². The first-order valence-corrected chi connectivity index (χ1v) is 8.39. The van der Waals surface area contributed by atoms with Gasteiger partial charge in [-0.05, 0) is 55.3 Å². The van der Waals surface area contributed by atoms with Crippen LogP contribution < -0.4 is 16.0 Å². The van der Waals surface area contributed by atoms with Crippen LogP contribution in [-0.4, -0.2) is 12.1 Å². The lowest BCUT2D eigenvalue weighted by molar-refractivity contribution is 0.244. The number of carbonyl (C=O) groups excluding carboxylic acids is 1. The van der Waals surface area contributed by atoms with Crippen LogP contribution in [0.15, 0.2) is 48.5 Å². The van der Waals surface area contributed by atoms with Crippen molar-refractivity contribution >= 4 is 23.1 Å². The molecule has 1 saturated carbocycles. The van der Waals surface area contributed by atoms with Crippen molar-refractivity contribution in [2.75, 3.05) is 10.6 Å². The molecule has 0 radical (unpaired) electrons. The van der Waals surface area contributed by atoms with E-state index in [1.807, 2.05) is 24.3 Å². The first-order chi connectivity index (χ1) is 11.7. The molecule has 0 aliphatic heterocycles. The van der Waals surface area contributed by atoms with Gasteiger partial charge in [-0.3, -0.25) is 0 Å². The molecule has 1 fully saturated rings. The van der Waals surface area contributed by atoms with Gasteiger partial charge in [0.15, 0.2) is 0 Å². The van der Waals surface area contributed by atoms with Crippen LogP contribution in [0.4, 0.5) is 26.2 Å². The zero-order valence-electron chi connectivity index (χ0n) is 13.5. The highest BCUT2D eigenvalue weighted by atomic mass is 19.1. The fourth-order valence-corrected chi connectivity index (χ4v) is 2.97. The zero-order chi connectivity index (χ0) is 16.8. The van der Waals surface area contributed by atoms with Crippen molar-refractivity contribution in [1.82, 2.24) is 5.32 Å². The second-order valence-electron chi connectivity index (χ2n) is 6.15. The number of nitrogens with one attached hydrogen (secondary N) is 3. The van der Waals surface area contributed by atoms with Crippen LogP contribution in [0.1, 0.15) is 32.1 Å². The number of rotatable bonds is 4. The molecule has 0 atom stereocenters. The van der Waals surface area contributed by atoms with E-state index in [0.29, 0.717) is 5.69 Å². The highest BCUT2D eigenvalue weighted by Gasteiger charge is 2.15. The molecule has 24 heavy (non-hydrogen) atoms. The Bertz CT molecular complexity index is 681. The first kappa shape index (κ1) is 16.3. The molecule has 0 heterocycles. The number of hydrogen-bond donors (Lipinski definition) is 3. The molecule has 0 bridgehead atoms. The van der Waals surface area contributed by atoms with Crippen molar-refractivity contribution in [2.45, 2.75) is 38.1 Å². The fourth-order valence-electron chi connectivity index (χ4n) is 2.97. The van der Waals surface area contributed by atoms with E-state index in [-0.39, 0.29) is 17.9 Å². The number of amides is 2. The molecule has 3 rings (SSSR count). The molecule has 2 amide bonds. The predicted octanol–water partition coefficient (Wildman–Crippen LogP) is 5.02. The van der Waals surface area contributed by atoms with Crippen LogP contribution in [0.3, 0.4) is 0 Å². The maximum absolute atomic E-state index is 13.2. The predicted molar refractivity (Wildman–Crippen MR) is 95.2 cm³/mol. The third-order valence-corrected chi connectivity index (χ3v) is 4.20. The molecule has 0 saturated heterocycles. The Morgan fingerprint density at radius 3 is 2.33 bits per heavy atom. The molecule has 3 N–H and O–H groups in total. The second kappa shape index (κ2) is 7.81. The summed E-state index contributed by atoms with van der Waals surface area (Å²) in [7, 11) is 0. The molecular formula is C19H22FN3O. The number of halogens is 1. The van der Waals surface area contributed by atoms with Crippen LogP contribution in [-0.2, 0) is 0 Å². The van der Waals surface area contributed by atoms with Gasteiger partial charge >= 0.3 is 6.03 Å². The Labute approximate surface area is 141 Å². The second-order valence-corrected chi connectivity index (χ2v) is 6.15. The van der Waals surface area contributed by atoms with Crippen LogP contribution in [0.25, 0.3) is 0 Å². The van der Waals surface area contributed by atoms with Gasteiger partial charge in [0.2, 0.25) is 0 Å². The third-order valence-electron chi connectivity index (χ3n) is 4.20. The third kappa shape index (κ3) is 4.72. The van der Waals surface area contributed by atoms with Gasteiger partial charge in [-0.15, -0.1) is 0 Å². The van der Waals surface area contributed by atoms with Gasteiger partial charge in [-0.2, -0.15) is 0 Å². The van der Waals surface area contributed by atoms with Gasteiger partial charge in [-0.1, -0.05) is 25.3 Å². The zero-order valence-corrected chi connectivity index (χ0v) is 13.5. The number of hydrogen-bond acceptors (Lipinski definition) is 2. The van der Waals surface area contributed by atoms with Crippen molar-refractivity contribution in [3.63, 3.8) is 0 Å². The Morgan fingerprint density at radius 2 is 1.62 bits per heavy atom. The summed E-state index contributed by atoms with van der Waals surface area (Å²) in [6.07, 6.45) is 5.75. The van der Waals surface area contributed by atoms with Gasteiger partial charge in [0.1, 0.15) is 5.82 Å². The largest absolute Gasteiger partial charge is 0.355 e. The van der Waals surface area contributed by atoms with Crippen LogP contribution in [0.2, 0.25) is 0 Å². The van der Waals surface area contributed by atoms with Crippen molar-refractivity contribution in [3.8, 4) is 0 Å². The van der Waals surface area contributed by atoms with Gasteiger partial charge in [0.05, 0.1) is 0 Å². The lowest BCUT2D eigenvalue weighted by atomic mass is 9.96. The standard InChI is InChI=1S/C19H22FN3O/c20-14-5-4-8-18(13-14)21-16-9-11-17(12-10-16)23-19(24)22-15-6-2-1-3-7-15/h4-5,8-13,15,21H,1-3,6-7H2,(H2,22,23,24). The van der Waals surface area contributed by atoms with Gasteiger partial charge in [0.25, 0.3) is 0 Å². The molecule has 126 valence electrons. The first-order valence-electron chi connectivity index (χ1n) is 8.39. The number of urea groups is 1. The summed E-state index contributed by atoms with van der Waals surface area (Å²) in [4.78, 5) is 12.0. The quantitative estimate of drug-likeness (QED) is 0.738. The summed E-state index contributed by atoms with van der Waals surface area (Å²) in [5.41, 5.74) is 2.25. The molecular weight excluding hydrogens is 305 g/mol. The Balaban J connectivity index is 1.53. The molecule has 0 spiro atoms. The maximum atomic E-state index is 13.2. The Morgan fingerprint density at radius 1 is 0.917 bits per heavy atom. The lowest BCUT2D eigenvalue weighted by Crippen LogP contribution is -2.38. The van der Waals surface area contributed by atoms with E-state index >= 15 is 0 Å². The summed E-state index contributed by atoms with van der Waals surface area (Å²) in [5, 5.41) is 8.99.